The molecule has 2 heterocycles. The highest BCUT2D eigenvalue weighted by molar-refractivity contribution is 7.22. The maximum absolute atomic E-state index is 13.9. The van der Waals surface area contributed by atoms with Gasteiger partial charge in [0.15, 0.2) is 10.9 Å². The van der Waals surface area contributed by atoms with E-state index in [4.69, 9.17) is 0 Å². The van der Waals surface area contributed by atoms with Crippen LogP contribution in [0.1, 0.15) is 34.3 Å². The molecule has 3 aromatic rings. The molecule has 0 unspecified atom stereocenters. The summed E-state index contributed by atoms with van der Waals surface area (Å²) in [4.78, 5) is 21.3. The zero-order valence-corrected chi connectivity index (χ0v) is 18.7. The smallest absolute Gasteiger partial charge is 0.251 e. The summed E-state index contributed by atoms with van der Waals surface area (Å²) in [6.07, 6.45) is 4.62. The van der Waals surface area contributed by atoms with Crippen molar-refractivity contribution in [2.45, 2.75) is 25.7 Å². The number of rotatable bonds is 5. The molecule has 5 rings (SSSR count). The van der Waals surface area contributed by atoms with E-state index in [1.165, 1.54) is 41.4 Å². The molecule has 1 amide bonds. The van der Waals surface area contributed by atoms with E-state index < -0.39 is 11.6 Å². The van der Waals surface area contributed by atoms with E-state index in [-0.39, 0.29) is 11.4 Å². The molecular formula is C24H26F2N4OS. The lowest BCUT2D eigenvalue weighted by Gasteiger charge is -2.34. The number of carbonyl (C=O) groups is 1. The first kappa shape index (κ1) is 21.3. The van der Waals surface area contributed by atoms with Crippen LogP contribution in [0.2, 0.25) is 0 Å². The van der Waals surface area contributed by atoms with Gasteiger partial charge in [0.2, 0.25) is 0 Å². The number of nitrogens with zero attached hydrogens (tertiary/aromatic N) is 3. The van der Waals surface area contributed by atoms with E-state index in [9.17, 15) is 13.6 Å². The van der Waals surface area contributed by atoms with Gasteiger partial charge in [-0.3, -0.25) is 9.69 Å². The van der Waals surface area contributed by atoms with Crippen LogP contribution >= 0.6 is 11.3 Å². The fourth-order valence-corrected chi connectivity index (χ4v) is 5.60. The van der Waals surface area contributed by atoms with Gasteiger partial charge >= 0.3 is 0 Å². The molecule has 1 aliphatic carbocycles. The molecule has 1 aromatic heterocycles. The van der Waals surface area contributed by atoms with Crippen molar-refractivity contribution in [3.8, 4) is 0 Å². The number of anilines is 1. The van der Waals surface area contributed by atoms with Crippen LogP contribution in [0.15, 0.2) is 30.3 Å². The molecule has 1 saturated heterocycles. The molecule has 0 spiro atoms. The summed E-state index contributed by atoms with van der Waals surface area (Å²) in [6.45, 7) is 4.58. The van der Waals surface area contributed by atoms with E-state index in [0.29, 0.717) is 11.2 Å². The minimum Gasteiger partial charge on any atom is -0.351 e. The lowest BCUT2D eigenvalue weighted by molar-refractivity contribution is 0.0947. The number of fused-ring (bicyclic) bond motifs is 2. The van der Waals surface area contributed by atoms with E-state index in [1.54, 1.807) is 0 Å². The Bertz CT molecular complexity index is 1140. The highest BCUT2D eigenvalue weighted by Gasteiger charge is 2.21. The van der Waals surface area contributed by atoms with Crippen LogP contribution in [-0.2, 0) is 12.8 Å². The average molecular weight is 457 g/mol. The predicted molar refractivity (Wildman–Crippen MR) is 124 cm³/mol. The topological polar surface area (TPSA) is 48.5 Å². The molecule has 2 aromatic carbocycles. The number of thiazole rings is 1. The van der Waals surface area contributed by atoms with Crippen LogP contribution in [0.4, 0.5) is 13.9 Å². The van der Waals surface area contributed by atoms with Crippen molar-refractivity contribution in [1.29, 1.82) is 0 Å². The van der Waals surface area contributed by atoms with Gasteiger partial charge in [-0.2, -0.15) is 0 Å². The third-order valence-electron chi connectivity index (χ3n) is 6.37. The van der Waals surface area contributed by atoms with Gasteiger partial charge in [0.05, 0.1) is 4.70 Å². The summed E-state index contributed by atoms with van der Waals surface area (Å²) in [7, 11) is 0. The maximum Gasteiger partial charge on any atom is 0.251 e. The fraction of sp³-hybridized carbons (Fsp3) is 0.417. The molecule has 1 N–H and O–H groups in total. The zero-order chi connectivity index (χ0) is 22.1. The van der Waals surface area contributed by atoms with Gasteiger partial charge in [-0.15, -0.1) is 0 Å². The monoisotopic (exact) mass is 456 g/mol. The summed E-state index contributed by atoms with van der Waals surface area (Å²) in [6, 6.07) is 8.30. The Morgan fingerprint density at radius 2 is 1.81 bits per heavy atom. The summed E-state index contributed by atoms with van der Waals surface area (Å²) in [5.74, 6) is -1.20. The molecule has 0 atom stereocenters. The number of carbonyl (C=O) groups excluding carboxylic acids is 1. The van der Waals surface area contributed by atoms with Crippen molar-refractivity contribution >= 4 is 32.6 Å². The molecule has 5 nitrogen and oxygen atoms in total. The second kappa shape index (κ2) is 9.11. The van der Waals surface area contributed by atoms with Crippen LogP contribution in [0.5, 0.6) is 0 Å². The fourth-order valence-electron chi connectivity index (χ4n) is 4.55. The van der Waals surface area contributed by atoms with E-state index in [2.05, 4.69) is 32.2 Å². The minimum atomic E-state index is -0.615. The van der Waals surface area contributed by atoms with Crippen molar-refractivity contribution < 1.29 is 13.6 Å². The first-order valence-corrected chi connectivity index (χ1v) is 12.0. The Morgan fingerprint density at radius 1 is 1.03 bits per heavy atom. The van der Waals surface area contributed by atoms with Crippen LogP contribution in [0.25, 0.3) is 10.2 Å². The van der Waals surface area contributed by atoms with Gasteiger partial charge in [-0.1, -0.05) is 17.4 Å². The summed E-state index contributed by atoms with van der Waals surface area (Å²) in [5.41, 5.74) is 3.68. The number of hydrogen-bond acceptors (Lipinski definition) is 5. The minimum absolute atomic E-state index is 0.0132. The van der Waals surface area contributed by atoms with Crippen LogP contribution in [0, 0.1) is 11.6 Å². The van der Waals surface area contributed by atoms with Crippen molar-refractivity contribution in [2.75, 3.05) is 44.2 Å². The number of nitrogens with one attached hydrogen (secondary N) is 1. The molecule has 8 heteroatoms. The third kappa shape index (κ3) is 4.47. The number of piperazine rings is 1. The van der Waals surface area contributed by atoms with Gasteiger partial charge < -0.3 is 10.2 Å². The lowest BCUT2D eigenvalue weighted by atomic mass is 9.90. The molecule has 2 aliphatic rings. The number of halogens is 2. The van der Waals surface area contributed by atoms with Crippen LogP contribution in [0.3, 0.4) is 0 Å². The Kier molecular flexibility index (Phi) is 6.06. The number of benzene rings is 2. The first-order valence-electron chi connectivity index (χ1n) is 11.2. The van der Waals surface area contributed by atoms with Crippen molar-refractivity contribution in [1.82, 2.24) is 15.2 Å². The van der Waals surface area contributed by atoms with Gasteiger partial charge in [-0.25, -0.2) is 13.8 Å². The number of hydrogen-bond donors (Lipinski definition) is 1. The summed E-state index contributed by atoms with van der Waals surface area (Å²) >= 11 is 1.32. The van der Waals surface area contributed by atoms with Gasteiger partial charge in [-0.05, 0) is 55.0 Å². The summed E-state index contributed by atoms with van der Waals surface area (Å²) < 4.78 is 27.9. The molecule has 0 bridgehead atoms. The highest BCUT2D eigenvalue weighted by atomic mass is 32.1. The normalized spacial score (nSPS) is 16.9. The largest absolute Gasteiger partial charge is 0.351 e. The molecule has 1 aliphatic heterocycles. The van der Waals surface area contributed by atoms with Crippen molar-refractivity contribution in [2.24, 2.45) is 0 Å². The number of amides is 1. The van der Waals surface area contributed by atoms with Crippen molar-refractivity contribution in [3.63, 3.8) is 0 Å². The van der Waals surface area contributed by atoms with Crippen LogP contribution < -0.4 is 10.2 Å². The highest BCUT2D eigenvalue weighted by Crippen LogP contribution is 2.31. The molecular weight excluding hydrogens is 430 g/mol. The van der Waals surface area contributed by atoms with E-state index in [1.807, 2.05) is 6.07 Å². The lowest BCUT2D eigenvalue weighted by Crippen LogP contribution is -2.48. The second-order valence-corrected chi connectivity index (χ2v) is 9.52. The van der Waals surface area contributed by atoms with Gasteiger partial charge in [0.1, 0.15) is 11.3 Å². The Hall–Kier alpha value is -2.58. The molecule has 32 heavy (non-hydrogen) atoms. The maximum atomic E-state index is 13.9. The quantitative estimate of drug-likeness (QED) is 0.631. The SMILES string of the molecule is O=C(NCCN1CCN(c2nc3c(F)cc(F)cc3s2)CC1)c1ccc2c(c1)CCCC2. The summed E-state index contributed by atoms with van der Waals surface area (Å²) in [5, 5.41) is 3.77. The molecule has 1 fully saturated rings. The average Bonchev–Trinajstić information content (AvgIpc) is 3.23. The Morgan fingerprint density at radius 3 is 2.62 bits per heavy atom. The third-order valence-corrected chi connectivity index (χ3v) is 7.43. The second-order valence-electron chi connectivity index (χ2n) is 8.51. The van der Waals surface area contributed by atoms with Gasteiger partial charge in [0.25, 0.3) is 5.91 Å². The first-order chi connectivity index (χ1) is 15.6. The van der Waals surface area contributed by atoms with E-state index >= 15 is 0 Å². The predicted octanol–water partition coefficient (Wildman–Crippen LogP) is 4.01. The molecule has 0 saturated carbocycles. The zero-order valence-electron chi connectivity index (χ0n) is 17.9. The number of aryl methyl sites for hydroxylation is 2. The molecule has 168 valence electrons. The Labute approximate surface area is 190 Å². The Balaban J connectivity index is 1.11. The van der Waals surface area contributed by atoms with E-state index in [0.717, 1.165) is 62.3 Å². The molecule has 0 radical (unpaired) electrons. The standard InChI is InChI=1S/C24H26F2N4OS/c25-19-14-20(26)22-21(15-19)32-24(28-22)30-11-9-29(10-12-30)8-7-27-23(31)18-6-5-16-3-1-2-4-17(16)13-18/h5-6,13-15H,1-4,7-12H2,(H,27,31). The van der Waals surface area contributed by atoms with Crippen LogP contribution in [-0.4, -0.2) is 55.1 Å². The number of aromatic nitrogens is 1. The van der Waals surface area contributed by atoms with Gasteiger partial charge in [0, 0.05) is 50.9 Å². The van der Waals surface area contributed by atoms with Crippen molar-refractivity contribution in [3.05, 3.63) is 58.7 Å².